The molecule has 0 aliphatic carbocycles. The second-order valence-electron chi connectivity index (χ2n) is 3.49. The average molecular weight is 297 g/mol. The predicted molar refractivity (Wildman–Crippen MR) is 67.7 cm³/mol. The van der Waals surface area contributed by atoms with Crippen LogP contribution >= 0.6 is 15.9 Å². The van der Waals surface area contributed by atoms with Crippen LogP contribution in [0.4, 0.5) is 10.2 Å². The Morgan fingerprint density at radius 1 is 1.29 bits per heavy atom. The van der Waals surface area contributed by atoms with Gasteiger partial charge in [0.05, 0.1) is 0 Å². The second kappa shape index (κ2) is 4.77. The maximum absolute atomic E-state index is 13.0. The van der Waals surface area contributed by atoms with Crippen molar-refractivity contribution in [3.05, 3.63) is 40.2 Å². The van der Waals surface area contributed by atoms with Crippen molar-refractivity contribution in [1.82, 2.24) is 9.97 Å². The third-order valence-corrected chi connectivity index (χ3v) is 2.83. The Balaban J connectivity index is 2.55. The van der Waals surface area contributed by atoms with Gasteiger partial charge in [0.2, 0.25) is 0 Å². The predicted octanol–water partition coefficient (Wildman–Crippen LogP) is 2.64. The van der Waals surface area contributed by atoms with E-state index in [-0.39, 0.29) is 5.82 Å². The van der Waals surface area contributed by atoms with E-state index in [1.165, 1.54) is 12.1 Å². The summed E-state index contributed by atoms with van der Waals surface area (Å²) in [5.74, 6) is 6.01. The summed E-state index contributed by atoms with van der Waals surface area (Å²) in [6.07, 6.45) is 0. The lowest BCUT2D eigenvalue weighted by Gasteiger charge is -2.07. The highest BCUT2D eigenvalue weighted by Gasteiger charge is 2.09. The highest BCUT2D eigenvalue weighted by atomic mass is 79.9. The number of nitrogens with one attached hydrogen (secondary N) is 1. The monoisotopic (exact) mass is 296 g/mol. The fraction of sp³-hybridized carbons (Fsp3) is 0.0909. The van der Waals surface area contributed by atoms with Crippen molar-refractivity contribution in [2.24, 2.45) is 5.84 Å². The molecule has 1 aromatic heterocycles. The van der Waals surface area contributed by atoms with Gasteiger partial charge in [-0.3, -0.25) is 0 Å². The maximum atomic E-state index is 13.0. The van der Waals surface area contributed by atoms with Crippen molar-refractivity contribution < 1.29 is 4.39 Å². The minimum atomic E-state index is -0.314. The first-order valence-electron chi connectivity index (χ1n) is 4.88. The van der Waals surface area contributed by atoms with Crippen molar-refractivity contribution in [1.29, 1.82) is 0 Å². The third kappa shape index (κ3) is 2.59. The number of nitrogens with two attached hydrogens (primary N) is 1. The summed E-state index contributed by atoms with van der Waals surface area (Å²) in [4.78, 5) is 8.50. The van der Waals surface area contributed by atoms with Gasteiger partial charge in [0.15, 0.2) is 5.82 Å². The molecule has 2 rings (SSSR count). The van der Waals surface area contributed by atoms with Crippen molar-refractivity contribution in [3.63, 3.8) is 0 Å². The van der Waals surface area contributed by atoms with Gasteiger partial charge in [-0.15, -0.1) is 0 Å². The molecule has 1 aromatic carbocycles. The van der Waals surface area contributed by atoms with Gasteiger partial charge in [0.25, 0.3) is 0 Å². The lowest BCUT2D eigenvalue weighted by Crippen LogP contribution is -2.10. The number of aryl methyl sites for hydroxylation is 1. The molecule has 0 aliphatic rings. The number of nitrogens with zero attached hydrogens (tertiary/aromatic N) is 2. The van der Waals surface area contributed by atoms with Crippen LogP contribution in [0, 0.1) is 12.7 Å². The molecule has 6 heteroatoms. The Hall–Kier alpha value is -1.53. The molecule has 0 saturated carbocycles. The molecule has 0 unspecified atom stereocenters. The van der Waals surface area contributed by atoms with Crippen LogP contribution in [0.3, 0.4) is 0 Å². The first kappa shape index (κ1) is 11.9. The van der Waals surface area contributed by atoms with Gasteiger partial charge < -0.3 is 5.43 Å². The summed E-state index contributed by atoms with van der Waals surface area (Å²) >= 11 is 3.28. The summed E-state index contributed by atoms with van der Waals surface area (Å²) < 4.78 is 13.6. The largest absolute Gasteiger partial charge is 0.308 e. The zero-order chi connectivity index (χ0) is 12.4. The third-order valence-electron chi connectivity index (χ3n) is 2.17. The quantitative estimate of drug-likeness (QED) is 0.660. The van der Waals surface area contributed by atoms with Crippen LogP contribution in [0.15, 0.2) is 28.7 Å². The smallest absolute Gasteiger partial charge is 0.162 e. The van der Waals surface area contributed by atoms with E-state index in [4.69, 9.17) is 5.84 Å². The minimum Gasteiger partial charge on any atom is -0.308 e. The van der Waals surface area contributed by atoms with Crippen LogP contribution in [0.25, 0.3) is 11.4 Å². The average Bonchev–Trinajstić information content (AvgIpc) is 2.28. The van der Waals surface area contributed by atoms with Crippen LogP contribution < -0.4 is 11.3 Å². The second-order valence-corrected chi connectivity index (χ2v) is 4.34. The molecule has 2 aromatic rings. The zero-order valence-corrected chi connectivity index (χ0v) is 10.6. The number of aromatic nitrogens is 2. The fourth-order valence-corrected chi connectivity index (χ4v) is 1.96. The number of halogens is 2. The van der Waals surface area contributed by atoms with Crippen molar-refractivity contribution >= 4 is 21.7 Å². The fourth-order valence-electron chi connectivity index (χ4n) is 1.43. The number of hydrogen-bond donors (Lipinski definition) is 2. The molecule has 88 valence electrons. The first-order valence-corrected chi connectivity index (χ1v) is 5.67. The van der Waals surface area contributed by atoms with E-state index in [2.05, 4.69) is 31.3 Å². The van der Waals surface area contributed by atoms with E-state index in [1.807, 2.05) is 6.92 Å². The maximum Gasteiger partial charge on any atom is 0.162 e. The topological polar surface area (TPSA) is 63.8 Å². The SMILES string of the molecule is Cc1cc(NN)nc(-c2ccc(F)cc2Br)n1. The van der Waals surface area contributed by atoms with Gasteiger partial charge in [-0.1, -0.05) is 0 Å². The van der Waals surface area contributed by atoms with E-state index in [0.717, 1.165) is 5.69 Å². The molecule has 0 spiro atoms. The molecule has 17 heavy (non-hydrogen) atoms. The van der Waals surface area contributed by atoms with Crippen LogP contribution in [0.2, 0.25) is 0 Å². The van der Waals surface area contributed by atoms with Gasteiger partial charge in [0, 0.05) is 21.8 Å². The van der Waals surface area contributed by atoms with E-state index in [0.29, 0.717) is 21.7 Å². The first-order chi connectivity index (χ1) is 8.10. The molecule has 0 fully saturated rings. The minimum absolute atomic E-state index is 0.314. The molecule has 0 radical (unpaired) electrons. The highest BCUT2D eigenvalue weighted by molar-refractivity contribution is 9.10. The number of anilines is 1. The molecule has 0 amide bonds. The molecule has 4 nitrogen and oxygen atoms in total. The Kier molecular flexibility index (Phi) is 3.35. The number of hydrazine groups is 1. The Morgan fingerprint density at radius 3 is 2.71 bits per heavy atom. The zero-order valence-electron chi connectivity index (χ0n) is 9.04. The Labute approximate surface area is 106 Å². The molecule has 3 N–H and O–H groups in total. The van der Waals surface area contributed by atoms with Crippen molar-refractivity contribution in [2.45, 2.75) is 6.92 Å². The standard InChI is InChI=1S/C11H10BrFN4/c1-6-4-10(17-14)16-11(15-6)8-3-2-7(13)5-9(8)12/h2-5H,14H2,1H3,(H,15,16,17). The van der Waals surface area contributed by atoms with Gasteiger partial charge in [-0.2, -0.15) is 0 Å². The lowest BCUT2D eigenvalue weighted by atomic mass is 10.2. The van der Waals surface area contributed by atoms with Crippen LogP contribution in [0.1, 0.15) is 5.69 Å². The summed E-state index contributed by atoms with van der Waals surface area (Å²) in [5.41, 5.74) is 3.96. The highest BCUT2D eigenvalue weighted by Crippen LogP contribution is 2.27. The van der Waals surface area contributed by atoms with E-state index in [1.54, 1.807) is 12.1 Å². The summed E-state index contributed by atoms with van der Waals surface area (Å²) in [6, 6.07) is 6.08. The molecule has 0 aliphatic heterocycles. The number of hydrogen-bond acceptors (Lipinski definition) is 4. The van der Waals surface area contributed by atoms with Gasteiger partial charge in [0.1, 0.15) is 11.6 Å². The molecule has 0 bridgehead atoms. The van der Waals surface area contributed by atoms with Crippen molar-refractivity contribution in [2.75, 3.05) is 5.43 Å². The van der Waals surface area contributed by atoms with Crippen LogP contribution in [0.5, 0.6) is 0 Å². The van der Waals surface area contributed by atoms with Gasteiger partial charge in [-0.25, -0.2) is 20.2 Å². The number of benzene rings is 1. The van der Waals surface area contributed by atoms with Gasteiger partial charge >= 0.3 is 0 Å². The number of rotatable bonds is 2. The molecule has 0 saturated heterocycles. The summed E-state index contributed by atoms with van der Waals surface area (Å²) in [6.45, 7) is 1.84. The molecular formula is C11H10BrFN4. The summed E-state index contributed by atoms with van der Waals surface area (Å²) in [7, 11) is 0. The number of nitrogen functional groups attached to an aromatic ring is 1. The normalized spacial score (nSPS) is 10.4. The van der Waals surface area contributed by atoms with Crippen LogP contribution in [-0.4, -0.2) is 9.97 Å². The Morgan fingerprint density at radius 2 is 2.06 bits per heavy atom. The van der Waals surface area contributed by atoms with Crippen molar-refractivity contribution in [3.8, 4) is 11.4 Å². The van der Waals surface area contributed by atoms with Gasteiger partial charge in [-0.05, 0) is 41.1 Å². The Bertz CT molecular complexity index is 559. The lowest BCUT2D eigenvalue weighted by molar-refractivity contribution is 0.627. The molecular weight excluding hydrogens is 287 g/mol. The van der Waals surface area contributed by atoms with Crippen LogP contribution in [-0.2, 0) is 0 Å². The van der Waals surface area contributed by atoms with E-state index >= 15 is 0 Å². The molecule has 1 heterocycles. The van der Waals surface area contributed by atoms with E-state index < -0.39 is 0 Å². The summed E-state index contributed by atoms with van der Waals surface area (Å²) in [5, 5.41) is 0. The van der Waals surface area contributed by atoms with E-state index in [9.17, 15) is 4.39 Å². The molecule has 0 atom stereocenters.